The summed E-state index contributed by atoms with van der Waals surface area (Å²) in [4.78, 5) is 35.0. The first kappa shape index (κ1) is 26.0. The van der Waals surface area contributed by atoms with Gasteiger partial charge in [0.2, 0.25) is 5.91 Å². The zero-order chi connectivity index (χ0) is 25.4. The number of carbonyl (C=O) groups is 3. The predicted octanol–water partition coefficient (Wildman–Crippen LogP) is 5.40. The molecule has 182 valence electrons. The molecule has 3 rings (SSSR count). The lowest BCUT2D eigenvalue weighted by Crippen LogP contribution is -2.39. The molecule has 0 aliphatic carbocycles. The van der Waals surface area contributed by atoms with E-state index in [9.17, 15) is 19.5 Å². The van der Waals surface area contributed by atoms with Crippen LogP contribution in [0.5, 0.6) is 0 Å². The van der Waals surface area contributed by atoms with Gasteiger partial charge in [0.25, 0.3) is 0 Å². The molecule has 3 atom stereocenters. The Labute approximate surface area is 209 Å². The van der Waals surface area contributed by atoms with Gasteiger partial charge in [-0.3, -0.25) is 14.4 Å². The highest BCUT2D eigenvalue weighted by Crippen LogP contribution is 2.28. The van der Waals surface area contributed by atoms with Crippen LogP contribution in [0.25, 0.3) is 11.1 Å². The minimum absolute atomic E-state index is 0.104. The van der Waals surface area contributed by atoms with Crippen LogP contribution in [0.3, 0.4) is 0 Å². The van der Waals surface area contributed by atoms with Gasteiger partial charge in [0.15, 0.2) is 0 Å². The number of carbonyl (C=O) groups excluding carboxylic acids is 1. The lowest BCUT2D eigenvalue weighted by molar-refractivity contribution is -0.149. The van der Waals surface area contributed by atoms with E-state index in [1.807, 2.05) is 85.8 Å². The van der Waals surface area contributed by atoms with Crippen LogP contribution in [0, 0.1) is 5.92 Å². The zero-order valence-corrected chi connectivity index (χ0v) is 20.1. The van der Waals surface area contributed by atoms with E-state index in [0.717, 1.165) is 22.3 Å². The van der Waals surface area contributed by atoms with Crippen molar-refractivity contribution in [2.75, 3.05) is 0 Å². The molecule has 1 unspecified atom stereocenters. The highest BCUT2D eigenvalue weighted by atomic mass is 35.5. The smallest absolute Gasteiger partial charge is 0.307 e. The SMILES string of the molecule is C[C@H](NC(=O)CC(CC(=O)O)C(=O)O)[C@H](Cc1ccc(Cl)cc1)c1ccc(-c2ccccc2)cc1. The molecule has 0 spiro atoms. The van der Waals surface area contributed by atoms with Crippen molar-refractivity contribution in [1.29, 1.82) is 0 Å². The van der Waals surface area contributed by atoms with Crippen LogP contribution < -0.4 is 5.32 Å². The maximum Gasteiger partial charge on any atom is 0.307 e. The standard InChI is InChI=1S/C28H28ClNO5/c1-18(30-26(31)16-23(28(34)35)17-27(32)33)25(15-19-7-13-24(29)14-8-19)22-11-9-21(10-12-22)20-5-3-2-4-6-20/h2-14,18,23,25H,15-17H2,1H3,(H,30,31)(H,32,33)(H,34,35)/t18-,23?,25-/m0/s1. The van der Waals surface area contributed by atoms with E-state index in [2.05, 4.69) is 5.32 Å². The van der Waals surface area contributed by atoms with Gasteiger partial charge in [-0.1, -0.05) is 78.3 Å². The minimum atomic E-state index is -1.30. The Hall–Kier alpha value is -3.64. The third-order valence-electron chi connectivity index (χ3n) is 6.01. The highest BCUT2D eigenvalue weighted by molar-refractivity contribution is 6.30. The third kappa shape index (κ3) is 7.69. The number of amides is 1. The van der Waals surface area contributed by atoms with E-state index in [1.165, 1.54) is 0 Å². The average Bonchev–Trinajstić information content (AvgIpc) is 2.83. The number of hydrogen-bond acceptors (Lipinski definition) is 3. The Morgan fingerprint density at radius 2 is 1.43 bits per heavy atom. The minimum Gasteiger partial charge on any atom is -0.481 e. The van der Waals surface area contributed by atoms with Gasteiger partial charge in [0, 0.05) is 23.4 Å². The molecular formula is C28H28ClNO5. The molecule has 6 nitrogen and oxygen atoms in total. The largest absolute Gasteiger partial charge is 0.481 e. The molecular weight excluding hydrogens is 466 g/mol. The Balaban J connectivity index is 1.81. The number of nitrogens with one attached hydrogen (secondary N) is 1. The molecule has 0 aromatic heterocycles. The molecule has 3 aromatic carbocycles. The van der Waals surface area contributed by atoms with Crippen LogP contribution in [0.15, 0.2) is 78.9 Å². The summed E-state index contributed by atoms with van der Waals surface area (Å²) < 4.78 is 0. The van der Waals surface area contributed by atoms with Gasteiger partial charge in [0.05, 0.1) is 12.3 Å². The summed E-state index contributed by atoms with van der Waals surface area (Å²) in [7, 11) is 0. The molecule has 0 radical (unpaired) electrons. The number of carboxylic acid groups (broad SMARTS) is 2. The molecule has 0 fully saturated rings. The molecule has 1 amide bonds. The number of benzene rings is 3. The Morgan fingerprint density at radius 3 is 2.00 bits per heavy atom. The first-order valence-electron chi connectivity index (χ1n) is 11.4. The monoisotopic (exact) mass is 493 g/mol. The maximum absolute atomic E-state index is 12.6. The lowest BCUT2D eigenvalue weighted by atomic mass is 9.85. The van der Waals surface area contributed by atoms with Crippen LogP contribution in [-0.2, 0) is 20.8 Å². The van der Waals surface area contributed by atoms with Crippen molar-refractivity contribution in [3.8, 4) is 11.1 Å². The van der Waals surface area contributed by atoms with Gasteiger partial charge in [0.1, 0.15) is 0 Å². The van der Waals surface area contributed by atoms with Crippen LogP contribution in [0.1, 0.15) is 36.8 Å². The first-order chi connectivity index (χ1) is 16.7. The molecule has 0 bridgehead atoms. The maximum atomic E-state index is 12.6. The fraction of sp³-hybridized carbons (Fsp3) is 0.250. The van der Waals surface area contributed by atoms with Gasteiger partial charge < -0.3 is 15.5 Å². The number of rotatable bonds is 11. The lowest BCUT2D eigenvalue weighted by Gasteiger charge is -2.26. The van der Waals surface area contributed by atoms with Crippen LogP contribution in [-0.4, -0.2) is 34.1 Å². The fourth-order valence-corrected chi connectivity index (χ4v) is 4.23. The van der Waals surface area contributed by atoms with Crippen molar-refractivity contribution in [2.24, 2.45) is 5.92 Å². The van der Waals surface area contributed by atoms with Gasteiger partial charge in [-0.05, 0) is 47.7 Å². The van der Waals surface area contributed by atoms with Crippen molar-refractivity contribution in [3.63, 3.8) is 0 Å². The highest BCUT2D eigenvalue weighted by Gasteiger charge is 2.27. The Kier molecular flexibility index (Phi) is 9.04. The summed E-state index contributed by atoms with van der Waals surface area (Å²) in [6.07, 6.45) is -0.375. The Morgan fingerprint density at radius 1 is 0.829 bits per heavy atom. The number of hydrogen-bond donors (Lipinski definition) is 3. The second-order valence-corrected chi connectivity index (χ2v) is 9.05. The molecule has 7 heteroatoms. The van der Waals surface area contributed by atoms with Crippen molar-refractivity contribution >= 4 is 29.4 Å². The van der Waals surface area contributed by atoms with Gasteiger partial charge >= 0.3 is 11.9 Å². The average molecular weight is 494 g/mol. The summed E-state index contributed by atoms with van der Waals surface area (Å²) in [5.41, 5.74) is 4.25. The molecule has 0 aliphatic heterocycles. The van der Waals surface area contributed by atoms with E-state index in [4.69, 9.17) is 16.7 Å². The van der Waals surface area contributed by atoms with E-state index in [0.29, 0.717) is 11.4 Å². The van der Waals surface area contributed by atoms with Gasteiger partial charge in [-0.15, -0.1) is 0 Å². The summed E-state index contributed by atoms with van der Waals surface area (Å²) in [5, 5.41) is 21.8. The van der Waals surface area contributed by atoms with E-state index in [-0.39, 0.29) is 12.0 Å². The van der Waals surface area contributed by atoms with Crippen molar-refractivity contribution in [2.45, 2.75) is 38.1 Å². The topological polar surface area (TPSA) is 104 Å². The molecule has 3 aromatic rings. The van der Waals surface area contributed by atoms with Crippen LogP contribution >= 0.6 is 11.6 Å². The second kappa shape index (κ2) is 12.2. The van der Waals surface area contributed by atoms with Crippen molar-refractivity contribution < 1.29 is 24.6 Å². The van der Waals surface area contributed by atoms with Crippen LogP contribution in [0.2, 0.25) is 5.02 Å². The molecule has 0 heterocycles. The van der Waals surface area contributed by atoms with E-state index in [1.54, 1.807) is 0 Å². The number of aliphatic carboxylic acids is 2. The summed E-state index contributed by atoms with van der Waals surface area (Å²) in [5.74, 6) is -4.43. The summed E-state index contributed by atoms with van der Waals surface area (Å²) in [6, 6.07) is 25.4. The quantitative estimate of drug-likeness (QED) is 0.331. The van der Waals surface area contributed by atoms with Crippen molar-refractivity contribution in [1.82, 2.24) is 5.32 Å². The second-order valence-electron chi connectivity index (χ2n) is 8.62. The number of carboxylic acids is 2. The molecule has 0 saturated heterocycles. The predicted molar refractivity (Wildman–Crippen MR) is 135 cm³/mol. The molecule has 35 heavy (non-hydrogen) atoms. The van der Waals surface area contributed by atoms with Crippen molar-refractivity contribution in [3.05, 3.63) is 95.0 Å². The molecule has 0 aliphatic rings. The zero-order valence-electron chi connectivity index (χ0n) is 19.4. The third-order valence-corrected chi connectivity index (χ3v) is 6.26. The number of halogens is 1. The van der Waals surface area contributed by atoms with Gasteiger partial charge in [-0.2, -0.15) is 0 Å². The van der Waals surface area contributed by atoms with E-state index < -0.39 is 36.6 Å². The Bertz CT molecular complexity index is 1150. The van der Waals surface area contributed by atoms with Crippen LogP contribution in [0.4, 0.5) is 0 Å². The fourth-order valence-electron chi connectivity index (χ4n) is 4.11. The van der Waals surface area contributed by atoms with Gasteiger partial charge in [-0.25, -0.2) is 0 Å². The van der Waals surface area contributed by atoms with E-state index >= 15 is 0 Å². The first-order valence-corrected chi connectivity index (χ1v) is 11.7. The molecule has 3 N–H and O–H groups in total. The summed E-state index contributed by atoms with van der Waals surface area (Å²) in [6.45, 7) is 1.87. The summed E-state index contributed by atoms with van der Waals surface area (Å²) >= 11 is 6.04. The molecule has 0 saturated carbocycles. The normalized spacial score (nSPS) is 13.4.